The van der Waals surface area contributed by atoms with Crippen LogP contribution in [0.15, 0.2) is 24.3 Å². The summed E-state index contributed by atoms with van der Waals surface area (Å²) in [5.74, 6) is -3.49. The molecule has 16 heavy (non-hydrogen) atoms. The lowest BCUT2D eigenvalue weighted by Crippen LogP contribution is -2.39. The molecule has 0 heterocycles. The fourth-order valence-electron chi connectivity index (χ4n) is 1.88. The van der Waals surface area contributed by atoms with E-state index in [-0.39, 0.29) is 6.61 Å². The maximum atomic E-state index is 11.1. The van der Waals surface area contributed by atoms with E-state index in [9.17, 15) is 14.7 Å². The standard InChI is InChI=1S/C11H14O5/c12-7-11(4-2-1-3-5-11)8(10(15)16)6-9(13)14/h1-4,8,12H,5-7H2,(H,13,14)(H,15,16). The number of hydrogen-bond donors (Lipinski definition) is 3. The molecule has 5 nitrogen and oxygen atoms in total. The molecule has 0 aromatic heterocycles. The topological polar surface area (TPSA) is 94.8 Å². The molecule has 2 atom stereocenters. The Bertz CT molecular complexity index is 344. The van der Waals surface area contributed by atoms with Gasteiger partial charge in [0, 0.05) is 5.41 Å². The average Bonchev–Trinajstić information content (AvgIpc) is 2.26. The zero-order valence-electron chi connectivity index (χ0n) is 8.67. The Hall–Kier alpha value is -1.62. The number of aliphatic hydroxyl groups excluding tert-OH is 1. The summed E-state index contributed by atoms with van der Waals surface area (Å²) in [6.45, 7) is -0.377. The van der Waals surface area contributed by atoms with Gasteiger partial charge < -0.3 is 15.3 Å². The van der Waals surface area contributed by atoms with Gasteiger partial charge in [-0.3, -0.25) is 9.59 Å². The molecule has 1 aliphatic carbocycles. The Morgan fingerprint density at radius 1 is 1.31 bits per heavy atom. The highest BCUT2D eigenvalue weighted by molar-refractivity contribution is 5.79. The number of hydrogen-bond acceptors (Lipinski definition) is 3. The third-order valence-corrected chi connectivity index (χ3v) is 2.84. The van der Waals surface area contributed by atoms with Gasteiger partial charge in [-0.2, -0.15) is 0 Å². The van der Waals surface area contributed by atoms with Crippen molar-refractivity contribution in [2.24, 2.45) is 11.3 Å². The monoisotopic (exact) mass is 226 g/mol. The van der Waals surface area contributed by atoms with E-state index >= 15 is 0 Å². The summed E-state index contributed by atoms with van der Waals surface area (Å²) in [7, 11) is 0. The van der Waals surface area contributed by atoms with E-state index in [1.165, 1.54) is 0 Å². The highest BCUT2D eigenvalue weighted by atomic mass is 16.4. The molecule has 0 aromatic rings. The third kappa shape index (κ3) is 2.49. The van der Waals surface area contributed by atoms with E-state index in [1.807, 2.05) is 0 Å². The minimum Gasteiger partial charge on any atom is -0.481 e. The molecule has 0 aliphatic heterocycles. The van der Waals surface area contributed by atoms with Crippen molar-refractivity contribution in [1.82, 2.24) is 0 Å². The van der Waals surface area contributed by atoms with Crippen LogP contribution in [0.5, 0.6) is 0 Å². The number of aliphatic carboxylic acids is 2. The van der Waals surface area contributed by atoms with Gasteiger partial charge in [0.2, 0.25) is 0 Å². The van der Waals surface area contributed by atoms with Gasteiger partial charge in [-0.1, -0.05) is 24.3 Å². The summed E-state index contributed by atoms with van der Waals surface area (Å²) in [4.78, 5) is 21.7. The van der Waals surface area contributed by atoms with Crippen LogP contribution in [0.4, 0.5) is 0 Å². The lowest BCUT2D eigenvalue weighted by atomic mass is 9.70. The number of carboxylic acids is 2. The van der Waals surface area contributed by atoms with Crippen molar-refractivity contribution in [3.05, 3.63) is 24.3 Å². The second kappa shape index (κ2) is 4.94. The van der Waals surface area contributed by atoms with Crippen LogP contribution in [0.2, 0.25) is 0 Å². The zero-order chi connectivity index (χ0) is 12.2. The molecule has 0 spiro atoms. The molecular formula is C11H14O5. The first-order chi connectivity index (χ1) is 7.52. The summed E-state index contributed by atoms with van der Waals surface area (Å²) in [6, 6.07) is 0. The summed E-state index contributed by atoms with van der Waals surface area (Å²) >= 11 is 0. The van der Waals surface area contributed by atoms with Crippen molar-refractivity contribution in [3.8, 4) is 0 Å². The van der Waals surface area contributed by atoms with Crippen molar-refractivity contribution < 1.29 is 24.9 Å². The largest absolute Gasteiger partial charge is 0.481 e. The first-order valence-electron chi connectivity index (χ1n) is 4.91. The molecule has 1 rings (SSSR count). The Morgan fingerprint density at radius 3 is 2.38 bits per heavy atom. The van der Waals surface area contributed by atoms with Gasteiger partial charge in [-0.25, -0.2) is 0 Å². The summed E-state index contributed by atoms with van der Waals surface area (Å²) in [5, 5.41) is 27.1. The van der Waals surface area contributed by atoms with Gasteiger partial charge in [0.1, 0.15) is 0 Å². The first kappa shape index (κ1) is 12.4. The Labute approximate surface area is 92.7 Å². The number of rotatable bonds is 5. The molecule has 0 bridgehead atoms. The van der Waals surface area contributed by atoms with Gasteiger partial charge in [-0.15, -0.1) is 0 Å². The van der Waals surface area contributed by atoms with Crippen LogP contribution in [-0.4, -0.2) is 33.9 Å². The second-order valence-electron chi connectivity index (χ2n) is 3.87. The van der Waals surface area contributed by atoms with Crippen molar-refractivity contribution in [1.29, 1.82) is 0 Å². The highest BCUT2D eigenvalue weighted by Gasteiger charge is 2.41. The SMILES string of the molecule is O=C(O)CC(C(=O)O)C1(CO)C=CC=CC1. The fraction of sp³-hybridized carbons (Fsp3) is 0.455. The predicted octanol–water partition coefficient (Wildman–Crippen LogP) is 0.657. The maximum absolute atomic E-state index is 11.1. The molecule has 0 fully saturated rings. The summed E-state index contributed by atoms with van der Waals surface area (Å²) < 4.78 is 0. The number of allylic oxidation sites excluding steroid dienone is 3. The van der Waals surface area contributed by atoms with Gasteiger partial charge in [-0.05, 0) is 6.42 Å². The molecule has 1 aliphatic rings. The van der Waals surface area contributed by atoms with E-state index in [1.54, 1.807) is 24.3 Å². The van der Waals surface area contributed by atoms with Crippen LogP contribution >= 0.6 is 0 Å². The van der Waals surface area contributed by atoms with Crippen molar-refractivity contribution in [2.45, 2.75) is 12.8 Å². The minimum atomic E-state index is -1.20. The number of carboxylic acid groups (broad SMARTS) is 2. The lowest BCUT2D eigenvalue weighted by Gasteiger charge is -2.34. The number of aliphatic hydroxyl groups is 1. The van der Waals surface area contributed by atoms with Gasteiger partial charge in [0.15, 0.2) is 0 Å². The van der Waals surface area contributed by atoms with Crippen molar-refractivity contribution in [3.63, 3.8) is 0 Å². The predicted molar refractivity (Wildman–Crippen MR) is 55.8 cm³/mol. The average molecular weight is 226 g/mol. The van der Waals surface area contributed by atoms with E-state index < -0.39 is 29.7 Å². The number of carbonyl (C=O) groups is 2. The molecular weight excluding hydrogens is 212 g/mol. The quantitative estimate of drug-likeness (QED) is 0.640. The molecule has 0 saturated carbocycles. The van der Waals surface area contributed by atoms with Crippen LogP contribution in [0.25, 0.3) is 0 Å². The molecule has 88 valence electrons. The molecule has 5 heteroatoms. The van der Waals surface area contributed by atoms with Crippen LogP contribution in [-0.2, 0) is 9.59 Å². The van der Waals surface area contributed by atoms with Crippen molar-refractivity contribution >= 4 is 11.9 Å². The van der Waals surface area contributed by atoms with Gasteiger partial charge >= 0.3 is 11.9 Å². The molecule has 0 aromatic carbocycles. The fourth-order valence-corrected chi connectivity index (χ4v) is 1.88. The normalized spacial score (nSPS) is 25.3. The van der Waals surface area contributed by atoms with E-state index in [0.717, 1.165) is 0 Å². The first-order valence-corrected chi connectivity index (χ1v) is 4.91. The molecule has 0 radical (unpaired) electrons. The maximum Gasteiger partial charge on any atom is 0.308 e. The Morgan fingerprint density at radius 2 is 2.00 bits per heavy atom. The van der Waals surface area contributed by atoms with Crippen molar-refractivity contribution in [2.75, 3.05) is 6.61 Å². The highest BCUT2D eigenvalue weighted by Crippen LogP contribution is 2.38. The van der Waals surface area contributed by atoms with Gasteiger partial charge in [0.05, 0.1) is 18.9 Å². The van der Waals surface area contributed by atoms with Crippen LogP contribution in [0.1, 0.15) is 12.8 Å². The summed E-state index contributed by atoms with van der Waals surface area (Å²) in [6.07, 6.45) is 6.53. The van der Waals surface area contributed by atoms with Crippen LogP contribution in [0.3, 0.4) is 0 Å². The zero-order valence-corrected chi connectivity index (χ0v) is 8.67. The Balaban J connectivity index is 2.98. The smallest absolute Gasteiger partial charge is 0.308 e. The molecule has 0 saturated heterocycles. The van der Waals surface area contributed by atoms with E-state index in [0.29, 0.717) is 6.42 Å². The third-order valence-electron chi connectivity index (χ3n) is 2.84. The van der Waals surface area contributed by atoms with E-state index in [2.05, 4.69) is 0 Å². The Kier molecular flexibility index (Phi) is 3.84. The molecule has 3 N–H and O–H groups in total. The minimum absolute atomic E-state index is 0.338. The molecule has 0 amide bonds. The molecule has 2 unspecified atom stereocenters. The second-order valence-corrected chi connectivity index (χ2v) is 3.87. The van der Waals surface area contributed by atoms with Gasteiger partial charge in [0.25, 0.3) is 0 Å². The van der Waals surface area contributed by atoms with E-state index in [4.69, 9.17) is 10.2 Å². The van der Waals surface area contributed by atoms with Crippen LogP contribution in [0, 0.1) is 11.3 Å². The van der Waals surface area contributed by atoms with Crippen LogP contribution < -0.4 is 0 Å². The lowest BCUT2D eigenvalue weighted by molar-refractivity contribution is -0.153. The summed E-state index contributed by atoms with van der Waals surface area (Å²) in [5.41, 5.74) is -1.00.